The van der Waals surface area contributed by atoms with Crippen LogP contribution in [0.3, 0.4) is 0 Å². The van der Waals surface area contributed by atoms with Crippen molar-refractivity contribution in [1.29, 1.82) is 0 Å². The predicted octanol–water partition coefficient (Wildman–Crippen LogP) is 2.09. The van der Waals surface area contributed by atoms with Gasteiger partial charge in [-0.25, -0.2) is 5.10 Å². The highest BCUT2D eigenvalue weighted by atomic mass is 16.1. The Hall–Kier alpha value is -3.87. The van der Waals surface area contributed by atoms with Crippen molar-refractivity contribution in [3.63, 3.8) is 0 Å². The van der Waals surface area contributed by atoms with E-state index in [9.17, 15) is 4.79 Å². The second-order valence-electron chi connectivity index (χ2n) is 7.08. The molecule has 0 aliphatic heterocycles. The number of rotatable bonds is 4. The van der Waals surface area contributed by atoms with Gasteiger partial charge in [0.05, 0.1) is 24.0 Å². The molecule has 0 saturated carbocycles. The maximum absolute atomic E-state index is 12.5. The predicted molar refractivity (Wildman–Crippen MR) is 117 cm³/mol. The van der Waals surface area contributed by atoms with Gasteiger partial charge in [0.2, 0.25) is 0 Å². The highest BCUT2D eigenvalue weighted by Gasteiger charge is 2.14. The zero-order chi connectivity index (χ0) is 19.8. The van der Waals surface area contributed by atoms with E-state index in [4.69, 9.17) is 0 Å². The molecule has 29 heavy (non-hydrogen) atoms. The Balaban J connectivity index is 1.53. The fourth-order valence-corrected chi connectivity index (χ4v) is 3.64. The van der Waals surface area contributed by atoms with Crippen molar-refractivity contribution in [3.05, 3.63) is 89.0 Å². The van der Waals surface area contributed by atoms with Gasteiger partial charge in [-0.15, -0.1) is 0 Å². The third kappa shape index (κ3) is 3.16. The van der Waals surface area contributed by atoms with E-state index >= 15 is 0 Å². The van der Waals surface area contributed by atoms with Crippen LogP contribution in [0.15, 0.2) is 77.9 Å². The number of aromatic amines is 2. The van der Waals surface area contributed by atoms with E-state index in [-0.39, 0.29) is 5.56 Å². The van der Waals surface area contributed by atoms with Crippen LogP contribution in [0.4, 0.5) is 0 Å². The van der Waals surface area contributed by atoms with Gasteiger partial charge in [-0.05, 0) is 23.1 Å². The molecule has 0 unspecified atom stereocenters. The van der Waals surface area contributed by atoms with Crippen molar-refractivity contribution >= 4 is 24.2 Å². The first-order chi connectivity index (χ1) is 14.2. The summed E-state index contributed by atoms with van der Waals surface area (Å²) in [4.78, 5) is 15.9. The van der Waals surface area contributed by atoms with Crippen LogP contribution in [0.2, 0.25) is 0 Å². The molecular formula is C22H18BN5O. The summed E-state index contributed by atoms with van der Waals surface area (Å²) in [6.07, 6.45) is 3.71. The van der Waals surface area contributed by atoms with E-state index in [1.54, 1.807) is 6.20 Å². The van der Waals surface area contributed by atoms with Crippen molar-refractivity contribution in [2.45, 2.75) is 6.54 Å². The Morgan fingerprint density at radius 2 is 1.83 bits per heavy atom. The number of aromatic nitrogens is 5. The lowest BCUT2D eigenvalue weighted by Crippen LogP contribution is -2.15. The molecule has 0 atom stereocenters. The zero-order valence-electron chi connectivity index (χ0n) is 15.9. The van der Waals surface area contributed by atoms with Gasteiger partial charge in [0, 0.05) is 23.0 Å². The topological polar surface area (TPSA) is 79.4 Å². The van der Waals surface area contributed by atoms with Gasteiger partial charge in [-0.1, -0.05) is 54.0 Å². The molecule has 6 nitrogen and oxygen atoms in total. The van der Waals surface area contributed by atoms with Gasteiger partial charge >= 0.3 is 0 Å². The number of para-hydroxylation sites is 1. The Kier molecular flexibility index (Phi) is 4.13. The molecule has 2 N–H and O–H groups in total. The maximum atomic E-state index is 12.5. The van der Waals surface area contributed by atoms with Crippen molar-refractivity contribution in [3.8, 4) is 22.5 Å². The Morgan fingerprint density at radius 3 is 2.66 bits per heavy atom. The van der Waals surface area contributed by atoms with Crippen molar-refractivity contribution in [2.24, 2.45) is 0 Å². The summed E-state index contributed by atoms with van der Waals surface area (Å²) >= 11 is 0. The molecule has 0 saturated heterocycles. The van der Waals surface area contributed by atoms with Gasteiger partial charge in [0.1, 0.15) is 7.85 Å². The molecule has 0 amide bonds. The highest BCUT2D eigenvalue weighted by Crippen LogP contribution is 2.22. The van der Waals surface area contributed by atoms with E-state index in [0.29, 0.717) is 17.8 Å². The largest absolute Gasteiger partial charge is 0.355 e. The second kappa shape index (κ2) is 6.94. The lowest BCUT2D eigenvalue weighted by Gasteiger charge is -2.03. The number of fused-ring (bicyclic) bond motifs is 1. The van der Waals surface area contributed by atoms with Crippen LogP contribution in [-0.4, -0.2) is 32.8 Å². The van der Waals surface area contributed by atoms with Gasteiger partial charge in [-0.3, -0.25) is 9.48 Å². The smallest absolute Gasteiger partial charge is 0.273 e. The highest BCUT2D eigenvalue weighted by molar-refractivity contribution is 6.42. The third-order valence-electron chi connectivity index (χ3n) is 5.16. The molecule has 0 aliphatic rings. The maximum Gasteiger partial charge on any atom is 0.273 e. The van der Waals surface area contributed by atoms with Crippen LogP contribution >= 0.6 is 0 Å². The van der Waals surface area contributed by atoms with Crippen LogP contribution in [0.25, 0.3) is 33.4 Å². The molecule has 5 rings (SSSR count). The number of nitrogens with one attached hydrogen (secondary N) is 2. The summed E-state index contributed by atoms with van der Waals surface area (Å²) in [7, 11) is 2.02. The van der Waals surface area contributed by atoms with Gasteiger partial charge in [-0.2, -0.15) is 10.2 Å². The van der Waals surface area contributed by atoms with Gasteiger partial charge < -0.3 is 4.98 Å². The Labute approximate surface area is 167 Å². The van der Waals surface area contributed by atoms with E-state index in [0.717, 1.165) is 27.6 Å². The Bertz CT molecular complexity index is 1370. The number of benzene rings is 2. The molecular weight excluding hydrogens is 361 g/mol. The Morgan fingerprint density at radius 1 is 1.03 bits per heavy atom. The summed E-state index contributed by atoms with van der Waals surface area (Å²) in [6, 6.07) is 20.0. The average molecular weight is 379 g/mol. The van der Waals surface area contributed by atoms with E-state index < -0.39 is 0 Å². The molecule has 0 aliphatic carbocycles. The summed E-state index contributed by atoms with van der Waals surface area (Å²) in [5.74, 6) is 0. The fraction of sp³-hybridized carbons (Fsp3) is 0.0455. The molecule has 5 aromatic rings. The molecule has 2 aromatic carbocycles. The normalized spacial score (nSPS) is 11.2. The third-order valence-corrected chi connectivity index (χ3v) is 5.16. The first kappa shape index (κ1) is 17.2. The minimum Gasteiger partial charge on any atom is -0.355 e. The van der Waals surface area contributed by atoms with Crippen LogP contribution in [0.1, 0.15) is 5.56 Å². The van der Waals surface area contributed by atoms with Crippen LogP contribution < -0.4 is 11.0 Å². The van der Waals surface area contributed by atoms with Gasteiger partial charge in [0.15, 0.2) is 0 Å². The first-order valence-electron chi connectivity index (χ1n) is 9.43. The summed E-state index contributed by atoms with van der Waals surface area (Å²) in [5.41, 5.74) is 5.92. The van der Waals surface area contributed by atoms with E-state index in [2.05, 4.69) is 38.5 Å². The average Bonchev–Trinajstić information content (AvgIpc) is 3.34. The van der Waals surface area contributed by atoms with E-state index in [1.807, 2.05) is 61.2 Å². The molecule has 0 bridgehead atoms. The monoisotopic (exact) mass is 379 g/mol. The lowest BCUT2D eigenvalue weighted by atomic mass is 9.90. The summed E-state index contributed by atoms with van der Waals surface area (Å²) in [6.45, 7) is 0.679. The SMILES string of the molecule is Bc1c(-c2cc(-c3cnn(Cc4ccccc4)c3)n[nH]c2=O)[nH]c2ccccc12. The second-order valence-corrected chi connectivity index (χ2v) is 7.08. The number of H-pyrrole nitrogens is 2. The molecule has 0 fully saturated rings. The van der Waals surface area contributed by atoms with Gasteiger partial charge in [0.25, 0.3) is 5.56 Å². The number of hydrogen-bond donors (Lipinski definition) is 2. The van der Waals surface area contributed by atoms with Crippen molar-refractivity contribution in [1.82, 2.24) is 25.0 Å². The molecule has 140 valence electrons. The van der Waals surface area contributed by atoms with Crippen molar-refractivity contribution < 1.29 is 0 Å². The zero-order valence-corrected chi connectivity index (χ0v) is 15.9. The summed E-state index contributed by atoms with van der Waals surface area (Å²) in [5, 5.41) is 12.4. The van der Waals surface area contributed by atoms with E-state index in [1.165, 1.54) is 5.56 Å². The minimum atomic E-state index is -0.222. The number of nitrogens with zero attached hydrogens (tertiary/aromatic N) is 3. The molecule has 7 heteroatoms. The van der Waals surface area contributed by atoms with Crippen LogP contribution in [0.5, 0.6) is 0 Å². The van der Waals surface area contributed by atoms with Crippen molar-refractivity contribution in [2.75, 3.05) is 0 Å². The quantitative estimate of drug-likeness (QED) is 0.470. The molecule has 3 heterocycles. The molecule has 3 aromatic heterocycles. The number of hydrogen-bond acceptors (Lipinski definition) is 3. The standard InChI is InChI=1S/C22H18BN5O/c23-20-16-8-4-5-9-18(16)25-21(20)17-10-19(26-27-22(17)29)15-11-24-28(13-15)12-14-6-2-1-3-7-14/h1-11,13,25H,12,23H2,(H,27,29). The first-order valence-corrected chi connectivity index (χ1v) is 9.43. The molecule has 0 spiro atoms. The summed E-state index contributed by atoms with van der Waals surface area (Å²) < 4.78 is 1.87. The van der Waals surface area contributed by atoms with Crippen LogP contribution in [-0.2, 0) is 6.54 Å². The van der Waals surface area contributed by atoms with Crippen LogP contribution in [0, 0.1) is 0 Å². The minimum absolute atomic E-state index is 0.222. The lowest BCUT2D eigenvalue weighted by molar-refractivity contribution is 0.687. The fourth-order valence-electron chi connectivity index (χ4n) is 3.64. The molecule has 0 radical (unpaired) electrons.